The Balaban J connectivity index is 1.56. The number of hydrogen-bond acceptors (Lipinski definition) is 6. The van der Waals surface area contributed by atoms with Crippen molar-refractivity contribution >= 4 is 16.8 Å². The molecule has 8 nitrogen and oxygen atoms in total. The summed E-state index contributed by atoms with van der Waals surface area (Å²) in [7, 11) is 1.62. The molecule has 0 aliphatic rings. The van der Waals surface area contributed by atoms with Crippen molar-refractivity contribution in [2.24, 2.45) is 0 Å². The molecule has 2 aromatic carbocycles. The van der Waals surface area contributed by atoms with Gasteiger partial charge in [-0.25, -0.2) is 9.37 Å². The zero-order valence-corrected chi connectivity index (χ0v) is 17.5. The van der Waals surface area contributed by atoms with Gasteiger partial charge in [0.2, 0.25) is 0 Å². The Labute approximate surface area is 181 Å². The highest BCUT2D eigenvalue weighted by Crippen LogP contribution is 2.27. The lowest BCUT2D eigenvalue weighted by Crippen LogP contribution is -2.24. The van der Waals surface area contributed by atoms with E-state index in [0.717, 1.165) is 22.4 Å². The number of halogens is 1. The molecule has 0 radical (unpaired) electrons. The molecule has 0 bridgehead atoms. The molecule has 9 heteroatoms. The Kier molecular flexibility index (Phi) is 4.85. The average molecular weight is 430 g/mol. The molecule has 5 aromatic rings. The fourth-order valence-corrected chi connectivity index (χ4v) is 3.83. The second-order valence-electron chi connectivity index (χ2n) is 7.38. The molecule has 0 N–H and O–H groups in total. The predicted molar refractivity (Wildman–Crippen MR) is 117 cm³/mol. The first-order chi connectivity index (χ1) is 15.6. The molecule has 32 heavy (non-hydrogen) atoms. The third kappa shape index (κ3) is 3.27. The second-order valence-corrected chi connectivity index (χ2v) is 7.38. The summed E-state index contributed by atoms with van der Waals surface area (Å²) >= 11 is 0. The summed E-state index contributed by atoms with van der Waals surface area (Å²) in [6.07, 6.45) is 2.10. The van der Waals surface area contributed by atoms with Crippen molar-refractivity contribution in [3.8, 4) is 16.9 Å². The van der Waals surface area contributed by atoms with Gasteiger partial charge >= 0.3 is 0 Å². The maximum Gasteiger partial charge on any atom is 0.283 e. The smallest absolute Gasteiger partial charge is 0.283 e. The van der Waals surface area contributed by atoms with E-state index < -0.39 is 0 Å². The van der Waals surface area contributed by atoms with Crippen molar-refractivity contribution in [2.75, 3.05) is 7.11 Å². The highest BCUT2D eigenvalue weighted by atomic mass is 19.1. The highest BCUT2D eigenvalue weighted by molar-refractivity contribution is 5.83. The average Bonchev–Trinajstić information content (AvgIpc) is 3.15. The van der Waals surface area contributed by atoms with Crippen LogP contribution in [0.3, 0.4) is 0 Å². The van der Waals surface area contributed by atoms with Crippen LogP contribution in [-0.2, 0) is 13.0 Å². The number of rotatable bonds is 5. The molecule has 0 aliphatic carbocycles. The number of aryl methyl sites for hydroxylation is 3. The van der Waals surface area contributed by atoms with Gasteiger partial charge < -0.3 is 4.74 Å². The summed E-state index contributed by atoms with van der Waals surface area (Å²) in [5, 5.41) is 13.0. The molecule has 0 saturated heterocycles. The van der Waals surface area contributed by atoms with E-state index in [4.69, 9.17) is 4.74 Å². The van der Waals surface area contributed by atoms with Crippen LogP contribution in [0, 0.1) is 12.7 Å². The lowest BCUT2D eigenvalue weighted by Gasteiger charge is -2.10. The number of ether oxygens (including phenoxy) is 1. The van der Waals surface area contributed by atoms with Crippen molar-refractivity contribution in [1.29, 1.82) is 0 Å². The quantitative estimate of drug-likeness (QED) is 0.426. The molecule has 3 aromatic heterocycles. The summed E-state index contributed by atoms with van der Waals surface area (Å²) in [5.74, 6) is 0.450. The van der Waals surface area contributed by atoms with Gasteiger partial charge in [-0.3, -0.25) is 9.36 Å². The van der Waals surface area contributed by atoms with Crippen LogP contribution in [0.5, 0.6) is 5.75 Å². The van der Waals surface area contributed by atoms with Gasteiger partial charge in [0.1, 0.15) is 17.9 Å². The van der Waals surface area contributed by atoms with Crippen molar-refractivity contribution in [3.05, 3.63) is 82.3 Å². The van der Waals surface area contributed by atoms with E-state index >= 15 is 0 Å². The van der Waals surface area contributed by atoms with E-state index in [-0.39, 0.29) is 16.9 Å². The Bertz CT molecular complexity index is 1510. The largest absolute Gasteiger partial charge is 0.496 e. The van der Waals surface area contributed by atoms with E-state index in [1.165, 1.54) is 27.5 Å². The minimum Gasteiger partial charge on any atom is -0.496 e. The van der Waals surface area contributed by atoms with E-state index in [9.17, 15) is 9.18 Å². The zero-order valence-electron chi connectivity index (χ0n) is 17.5. The molecular weight excluding hydrogens is 411 g/mol. The van der Waals surface area contributed by atoms with Crippen molar-refractivity contribution in [2.45, 2.75) is 19.9 Å². The number of para-hydroxylation sites is 1. The van der Waals surface area contributed by atoms with Crippen LogP contribution in [0.1, 0.15) is 11.3 Å². The van der Waals surface area contributed by atoms with Crippen molar-refractivity contribution in [1.82, 2.24) is 29.4 Å². The molecule has 0 fully saturated rings. The van der Waals surface area contributed by atoms with Crippen LogP contribution < -0.4 is 10.3 Å². The highest BCUT2D eigenvalue weighted by Gasteiger charge is 2.18. The van der Waals surface area contributed by atoms with Crippen molar-refractivity contribution < 1.29 is 9.13 Å². The van der Waals surface area contributed by atoms with Crippen LogP contribution in [0.25, 0.3) is 27.9 Å². The van der Waals surface area contributed by atoms with E-state index in [2.05, 4.69) is 20.3 Å². The van der Waals surface area contributed by atoms with Crippen LogP contribution in [0.4, 0.5) is 4.39 Å². The topological polar surface area (TPSA) is 87.2 Å². The Morgan fingerprint density at radius 1 is 1.03 bits per heavy atom. The number of fused-ring (bicyclic) bond motifs is 3. The molecule has 0 amide bonds. The van der Waals surface area contributed by atoms with Gasteiger partial charge in [-0.05, 0) is 42.7 Å². The maximum atomic E-state index is 13.3. The molecule has 0 unspecified atom stereocenters. The van der Waals surface area contributed by atoms with Crippen LogP contribution >= 0.6 is 0 Å². The summed E-state index contributed by atoms with van der Waals surface area (Å²) in [6.45, 7) is 2.24. The predicted octanol–water partition coefficient (Wildman–Crippen LogP) is 3.20. The Hall–Kier alpha value is -4.14. The molecular formula is C23H19FN6O2. The number of nitrogens with zero attached hydrogens (tertiary/aromatic N) is 6. The maximum absolute atomic E-state index is 13.3. The molecule has 0 saturated carbocycles. The van der Waals surface area contributed by atoms with Gasteiger partial charge in [-0.1, -0.05) is 30.3 Å². The standard InChI is InChI=1S/C23H19FN6O2/c1-14-19(16-7-9-17(24)10-8-16)21-27-26-20-22(30(21)28-14)25-13-29(23(20)31)12-11-15-5-3-4-6-18(15)32-2/h3-10,13H,11-12H2,1-2H3. The van der Waals surface area contributed by atoms with Gasteiger partial charge in [-0.2, -0.15) is 9.61 Å². The fourth-order valence-electron chi connectivity index (χ4n) is 3.83. The number of benzene rings is 2. The van der Waals surface area contributed by atoms with Crippen LogP contribution in [0.15, 0.2) is 59.7 Å². The monoisotopic (exact) mass is 430 g/mol. The molecule has 0 atom stereocenters. The lowest BCUT2D eigenvalue weighted by atomic mass is 10.1. The lowest BCUT2D eigenvalue weighted by molar-refractivity contribution is 0.408. The van der Waals surface area contributed by atoms with Crippen molar-refractivity contribution in [3.63, 3.8) is 0 Å². The fraction of sp³-hybridized carbons (Fsp3) is 0.174. The SMILES string of the molecule is COc1ccccc1CCn1cnc2c(nnc3c(-c4ccc(F)cc4)c(C)nn32)c1=O. The van der Waals surface area contributed by atoms with Gasteiger partial charge in [0.25, 0.3) is 5.56 Å². The molecule has 3 heterocycles. The first-order valence-corrected chi connectivity index (χ1v) is 10.1. The second kappa shape index (κ2) is 7.84. The number of hydrogen-bond donors (Lipinski definition) is 0. The summed E-state index contributed by atoms with van der Waals surface area (Å²) in [4.78, 5) is 17.5. The van der Waals surface area contributed by atoms with E-state index in [1.54, 1.807) is 19.2 Å². The Morgan fingerprint density at radius 3 is 2.59 bits per heavy atom. The molecule has 160 valence electrons. The minimum atomic E-state index is -0.324. The normalized spacial score (nSPS) is 11.3. The zero-order chi connectivity index (χ0) is 22.2. The van der Waals surface area contributed by atoms with Gasteiger partial charge in [-0.15, -0.1) is 10.2 Å². The minimum absolute atomic E-state index is 0.133. The molecule has 0 spiro atoms. The molecule has 5 rings (SSSR count). The van der Waals surface area contributed by atoms with E-state index in [1.807, 2.05) is 31.2 Å². The Morgan fingerprint density at radius 2 is 1.81 bits per heavy atom. The van der Waals surface area contributed by atoms with Gasteiger partial charge in [0.05, 0.1) is 18.4 Å². The third-order valence-corrected chi connectivity index (χ3v) is 5.42. The third-order valence-electron chi connectivity index (χ3n) is 5.42. The number of methoxy groups -OCH3 is 1. The first-order valence-electron chi connectivity index (χ1n) is 10.1. The van der Waals surface area contributed by atoms with E-state index in [0.29, 0.717) is 30.0 Å². The summed E-state index contributed by atoms with van der Waals surface area (Å²) in [5.41, 5.74) is 3.78. The van der Waals surface area contributed by atoms with Gasteiger partial charge in [0.15, 0.2) is 16.8 Å². The summed E-state index contributed by atoms with van der Waals surface area (Å²) in [6, 6.07) is 13.8. The molecule has 0 aliphatic heterocycles. The van der Waals surface area contributed by atoms with Gasteiger partial charge in [0, 0.05) is 6.54 Å². The summed E-state index contributed by atoms with van der Waals surface area (Å²) < 4.78 is 21.7. The van der Waals surface area contributed by atoms with Crippen LogP contribution in [0.2, 0.25) is 0 Å². The first kappa shape index (κ1) is 19.8. The number of aromatic nitrogens is 6. The van der Waals surface area contributed by atoms with Crippen LogP contribution in [-0.4, -0.2) is 36.5 Å².